The fourth-order valence-corrected chi connectivity index (χ4v) is 2.19. The minimum Gasteiger partial charge on any atom is -0.464 e. The summed E-state index contributed by atoms with van der Waals surface area (Å²) in [6, 6.07) is 8.19. The molecule has 16 heavy (non-hydrogen) atoms. The van der Waals surface area contributed by atoms with Crippen molar-refractivity contribution in [2.75, 3.05) is 0 Å². The maximum atomic E-state index is 5.41. The Morgan fingerprint density at radius 3 is 2.69 bits per heavy atom. The normalized spacial score (nSPS) is 11.7. The standard InChI is InChI=1S/C14H13NO/c1-9(2)14-12-3-4-13-11(6-8-16-13)10(12)5-7-15-14/h3-9H,1-2H3. The van der Waals surface area contributed by atoms with Crippen molar-refractivity contribution in [3.8, 4) is 0 Å². The fourth-order valence-electron chi connectivity index (χ4n) is 2.19. The van der Waals surface area contributed by atoms with Gasteiger partial charge < -0.3 is 4.42 Å². The number of furan rings is 1. The first-order chi connectivity index (χ1) is 7.77. The topological polar surface area (TPSA) is 26.0 Å². The summed E-state index contributed by atoms with van der Waals surface area (Å²) in [6.45, 7) is 4.34. The number of aromatic nitrogens is 1. The highest BCUT2D eigenvalue weighted by Gasteiger charge is 2.09. The van der Waals surface area contributed by atoms with Crippen LogP contribution >= 0.6 is 0 Å². The molecular formula is C14H13NO. The Kier molecular flexibility index (Phi) is 1.96. The van der Waals surface area contributed by atoms with Crippen molar-refractivity contribution in [3.63, 3.8) is 0 Å². The van der Waals surface area contributed by atoms with Crippen LogP contribution in [0.15, 0.2) is 41.1 Å². The van der Waals surface area contributed by atoms with Crippen molar-refractivity contribution >= 4 is 21.7 Å². The molecule has 0 unspecified atom stereocenters. The molecule has 0 saturated carbocycles. The molecule has 3 rings (SSSR count). The Bertz CT molecular complexity index is 652. The third-order valence-electron chi connectivity index (χ3n) is 2.95. The van der Waals surface area contributed by atoms with Gasteiger partial charge in [0.15, 0.2) is 0 Å². The van der Waals surface area contributed by atoms with Gasteiger partial charge in [0.05, 0.1) is 12.0 Å². The molecule has 2 aromatic heterocycles. The molecular weight excluding hydrogens is 198 g/mol. The molecule has 3 aromatic rings. The van der Waals surface area contributed by atoms with E-state index in [0.29, 0.717) is 5.92 Å². The number of benzene rings is 1. The van der Waals surface area contributed by atoms with Crippen molar-refractivity contribution < 1.29 is 4.42 Å². The van der Waals surface area contributed by atoms with E-state index in [1.165, 1.54) is 16.2 Å². The summed E-state index contributed by atoms with van der Waals surface area (Å²) in [5.41, 5.74) is 2.09. The average molecular weight is 211 g/mol. The molecule has 0 saturated heterocycles. The third-order valence-corrected chi connectivity index (χ3v) is 2.95. The summed E-state index contributed by atoms with van der Waals surface area (Å²) in [5, 5.41) is 3.62. The number of nitrogens with zero attached hydrogens (tertiary/aromatic N) is 1. The van der Waals surface area contributed by atoms with Gasteiger partial charge in [0.2, 0.25) is 0 Å². The monoisotopic (exact) mass is 211 g/mol. The summed E-state index contributed by atoms with van der Waals surface area (Å²) < 4.78 is 5.41. The second-order valence-electron chi connectivity index (χ2n) is 4.34. The Morgan fingerprint density at radius 2 is 1.88 bits per heavy atom. The Balaban J connectivity index is 2.49. The maximum Gasteiger partial charge on any atom is 0.134 e. The first-order valence-corrected chi connectivity index (χ1v) is 5.52. The van der Waals surface area contributed by atoms with E-state index in [-0.39, 0.29) is 0 Å². The van der Waals surface area contributed by atoms with Crippen LogP contribution in [0.5, 0.6) is 0 Å². The van der Waals surface area contributed by atoms with E-state index in [2.05, 4.69) is 31.0 Å². The number of hydrogen-bond acceptors (Lipinski definition) is 2. The molecule has 0 fully saturated rings. The fraction of sp³-hybridized carbons (Fsp3) is 0.214. The third kappa shape index (κ3) is 1.23. The summed E-state index contributed by atoms with van der Waals surface area (Å²) >= 11 is 0. The largest absolute Gasteiger partial charge is 0.464 e. The average Bonchev–Trinajstić information content (AvgIpc) is 2.76. The lowest BCUT2D eigenvalue weighted by Gasteiger charge is -2.08. The molecule has 0 N–H and O–H groups in total. The van der Waals surface area contributed by atoms with Gasteiger partial charge in [-0.25, -0.2) is 0 Å². The lowest BCUT2D eigenvalue weighted by Crippen LogP contribution is -1.93. The van der Waals surface area contributed by atoms with Gasteiger partial charge >= 0.3 is 0 Å². The van der Waals surface area contributed by atoms with Gasteiger partial charge in [-0.2, -0.15) is 0 Å². The van der Waals surface area contributed by atoms with Crippen LogP contribution in [0.4, 0.5) is 0 Å². The highest BCUT2D eigenvalue weighted by atomic mass is 16.3. The first kappa shape index (κ1) is 9.40. The van der Waals surface area contributed by atoms with Gasteiger partial charge in [0, 0.05) is 17.0 Å². The molecule has 0 spiro atoms. The maximum absolute atomic E-state index is 5.41. The van der Waals surface area contributed by atoms with Gasteiger partial charge in [-0.1, -0.05) is 13.8 Å². The SMILES string of the molecule is CC(C)c1nccc2c1ccc1occc12. The van der Waals surface area contributed by atoms with E-state index >= 15 is 0 Å². The van der Waals surface area contributed by atoms with Crippen LogP contribution in [0.25, 0.3) is 21.7 Å². The number of hydrogen-bond donors (Lipinski definition) is 0. The van der Waals surface area contributed by atoms with Crippen LogP contribution in [-0.4, -0.2) is 4.98 Å². The molecule has 0 aliphatic heterocycles. The van der Waals surface area contributed by atoms with Crippen LogP contribution < -0.4 is 0 Å². The van der Waals surface area contributed by atoms with E-state index in [0.717, 1.165) is 11.3 Å². The van der Waals surface area contributed by atoms with Crippen LogP contribution in [0.1, 0.15) is 25.5 Å². The van der Waals surface area contributed by atoms with Crippen LogP contribution in [-0.2, 0) is 0 Å². The quantitative estimate of drug-likeness (QED) is 0.605. The van der Waals surface area contributed by atoms with Gasteiger partial charge in [0.1, 0.15) is 5.58 Å². The summed E-state index contributed by atoms with van der Waals surface area (Å²) in [6.07, 6.45) is 3.61. The lowest BCUT2D eigenvalue weighted by atomic mass is 10.0. The van der Waals surface area contributed by atoms with Crippen molar-refractivity contribution in [2.24, 2.45) is 0 Å². The Hall–Kier alpha value is -1.83. The molecule has 0 aliphatic rings. The highest BCUT2D eigenvalue weighted by Crippen LogP contribution is 2.29. The van der Waals surface area contributed by atoms with Gasteiger partial charge in [-0.15, -0.1) is 0 Å². The molecule has 80 valence electrons. The molecule has 2 nitrogen and oxygen atoms in total. The Morgan fingerprint density at radius 1 is 1.00 bits per heavy atom. The minimum absolute atomic E-state index is 0.438. The lowest BCUT2D eigenvalue weighted by molar-refractivity contribution is 0.616. The predicted octanol–water partition coefficient (Wildman–Crippen LogP) is 4.10. The highest BCUT2D eigenvalue weighted by molar-refractivity contribution is 6.06. The zero-order valence-electron chi connectivity index (χ0n) is 9.40. The first-order valence-electron chi connectivity index (χ1n) is 5.52. The van der Waals surface area contributed by atoms with Gasteiger partial charge in [-0.3, -0.25) is 4.98 Å². The van der Waals surface area contributed by atoms with Crippen molar-refractivity contribution in [1.82, 2.24) is 4.98 Å². The smallest absolute Gasteiger partial charge is 0.134 e. The van der Waals surface area contributed by atoms with E-state index in [1.54, 1.807) is 6.26 Å². The van der Waals surface area contributed by atoms with Gasteiger partial charge in [0.25, 0.3) is 0 Å². The summed E-state index contributed by atoms with van der Waals surface area (Å²) in [4.78, 5) is 4.47. The number of rotatable bonds is 1. The van der Waals surface area contributed by atoms with E-state index < -0.39 is 0 Å². The molecule has 0 atom stereocenters. The predicted molar refractivity (Wildman–Crippen MR) is 65.6 cm³/mol. The molecule has 0 aliphatic carbocycles. The zero-order chi connectivity index (χ0) is 11.1. The van der Waals surface area contributed by atoms with E-state index in [4.69, 9.17) is 4.42 Å². The summed E-state index contributed by atoms with van der Waals surface area (Å²) in [5.74, 6) is 0.438. The van der Waals surface area contributed by atoms with Gasteiger partial charge in [-0.05, 0) is 35.6 Å². The van der Waals surface area contributed by atoms with Crippen molar-refractivity contribution in [1.29, 1.82) is 0 Å². The van der Waals surface area contributed by atoms with Crippen LogP contribution in [0.2, 0.25) is 0 Å². The molecule has 2 heterocycles. The van der Waals surface area contributed by atoms with Crippen LogP contribution in [0.3, 0.4) is 0 Å². The molecule has 0 radical (unpaired) electrons. The molecule has 0 amide bonds. The molecule has 1 aromatic carbocycles. The second kappa shape index (κ2) is 3.34. The summed E-state index contributed by atoms with van der Waals surface area (Å²) in [7, 11) is 0. The number of pyridine rings is 1. The minimum atomic E-state index is 0.438. The van der Waals surface area contributed by atoms with E-state index in [9.17, 15) is 0 Å². The van der Waals surface area contributed by atoms with Crippen molar-refractivity contribution in [3.05, 3.63) is 42.4 Å². The zero-order valence-corrected chi connectivity index (χ0v) is 9.40. The second-order valence-corrected chi connectivity index (χ2v) is 4.34. The van der Waals surface area contributed by atoms with E-state index in [1.807, 2.05) is 18.3 Å². The van der Waals surface area contributed by atoms with Crippen molar-refractivity contribution in [2.45, 2.75) is 19.8 Å². The van der Waals surface area contributed by atoms with Crippen LogP contribution in [0, 0.1) is 0 Å². The Labute approximate surface area is 93.9 Å². The molecule has 0 bridgehead atoms. The molecule has 2 heteroatoms. The number of fused-ring (bicyclic) bond motifs is 3.